The van der Waals surface area contributed by atoms with Crippen molar-refractivity contribution in [2.24, 2.45) is 0 Å². The molecule has 0 bridgehead atoms. The van der Waals surface area contributed by atoms with Crippen LogP contribution in [0.3, 0.4) is 0 Å². The van der Waals surface area contributed by atoms with Gasteiger partial charge in [-0.3, -0.25) is 6.79 Å². The monoisotopic (exact) mass is 952 g/mol. The molecule has 0 heterocycles. The summed E-state index contributed by atoms with van der Waals surface area (Å²) in [5.74, 6) is 0. The van der Waals surface area contributed by atoms with Gasteiger partial charge in [-0.1, -0.05) is 273 Å². The van der Waals surface area contributed by atoms with Crippen LogP contribution in [0.5, 0.6) is 0 Å². The molecule has 0 saturated heterocycles. The van der Waals surface area contributed by atoms with Gasteiger partial charge in [0.2, 0.25) is 0 Å². The minimum Gasteiger partial charge on any atom is -0.0622 e. The first kappa shape index (κ1) is 46.9. The maximum Gasteiger partial charge on any atom is -0.0134 e. The molecule has 0 amide bonds. The van der Waals surface area contributed by atoms with Gasteiger partial charge >= 0.3 is 27.0 Å². The van der Waals surface area contributed by atoms with Crippen LogP contribution in [0, 0.1) is 0 Å². The smallest absolute Gasteiger partial charge is 0.0134 e. The van der Waals surface area contributed by atoms with E-state index in [2.05, 4.69) is 289 Å². The summed E-state index contributed by atoms with van der Waals surface area (Å²) in [6.07, 6.45) is 0. The number of hydrogen-bond acceptors (Lipinski definition) is 1. The Morgan fingerprint density at radius 2 is 0.295 bits per heavy atom. The van der Waals surface area contributed by atoms with E-state index < -0.39 is 23.8 Å². The maximum atomic E-state index is 7.75. The van der Waals surface area contributed by atoms with Gasteiger partial charge in [-0.05, 0) is 71.5 Å². The molecular weight excluding hydrogens is 906 g/mol. The van der Waals surface area contributed by atoms with Crippen LogP contribution in [0.15, 0.2) is 273 Å². The first-order chi connectivity index (χ1) is 30.3. The molecule has 0 N–H and O–H groups in total. The molecule has 0 radical (unpaired) electrons. The van der Waals surface area contributed by atoms with Gasteiger partial charge in [0.05, 0.1) is 0 Å². The third-order valence-electron chi connectivity index (χ3n) is 9.13. The molecule has 302 valence electrons. The fourth-order valence-electron chi connectivity index (χ4n) is 6.54. The molecule has 61 heavy (non-hydrogen) atoms. The van der Waals surface area contributed by atoms with Crippen LogP contribution < -0.4 is 47.7 Å². The fraction of sp³-hybridized carbons (Fsp3) is 0. The van der Waals surface area contributed by atoms with Crippen molar-refractivity contribution in [3.05, 3.63) is 273 Å². The first-order valence-corrected chi connectivity index (χ1v) is 25.8. The van der Waals surface area contributed by atoms with Crippen molar-refractivity contribution in [3.63, 3.8) is 0 Å². The zero-order valence-electron chi connectivity index (χ0n) is 33.5. The van der Waals surface area contributed by atoms with Crippen LogP contribution in [0.4, 0.5) is 0 Å². The Morgan fingerprint density at radius 3 is 0.377 bits per heavy atom. The Hall–Kier alpha value is -5.15. The average Bonchev–Trinajstić information content (AvgIpc) is 3.37. The topological polar surface area (TPSA) is 17.1 Å². The Kier molecular flexibility index (Phi) is 21.3. The maximum absolute atomic E-state index is 7.75. The SMILES string of the molecule is [CH-]=O.[Cl][Ru+].c1ccc(P(c2ccccc2)c2ccccc2)cc1.c1ccc(P(c2ccccc2)c2ccccc2)cc1.c1ccc(P(c2ccccc2)c2ccccc2)cc1. The van der Waals surface area contributed by atoms with E-state index in [4.69, 9.17) is 4.79 Å². The van der Waals surface area contributed by atoms with E-state index in [-0.39, 0.29) is 0 Å². The van der Waals surface area contributed by atoms with Crippen molar-refractivity contribution in [2.75, 3.05) is 0 Å². The molecule has 0 aliphatic rings. The van der Waals surface area contributed by atoms with Crippen LogP contribution >= 0.6 is 33.5 Å². The second kappa shape index (κ2) is 27.6. The molecule has 0 aliphatic carbocycles. The molecule has 0 aromatic heterocycles. The average molecular weight is 952 g/mol. The van der Waals surface area contributed by atoms with Crippen molar-refractivity contribution in [2.45, 2.75) is 0 Å². The van der Waals surface area contributed by atoms with E-state index in [0.29, 0.717) is 0 Å². The molecule has 9 aromatic carbocycles. The molecule has 1 nitrogen and oxygen atoms in total. The fourth-order valence-corrected chi connectivity index (χ4v) is 13.5. The number of carbonyl (C=O) groups excluding carboxylic acids is 1. The molecule has 0 unspecified atom stereocenters. The summed E-state index contributed by atoms with van der Waals surface area (Å²) in [4.78, 5) is 7.75. The second-order valence-electron chi connectivity index (χ2n) is 13.0. The summed E-state index contributed by atoms with van der Waals surface area (Å²) in [5, 5.41) is 12.6. The summed E-state index contributed by atoms with van der Waals surface area (Å²) in [5.41, 5.74) is 0. The first-order valence-electron chi connectivity index (χ1n) is 19.6. The number of hydrogen-bond donors (Lipinski definition) is 0. The van der Waals surface area contributed by atoms with Crippen molar-refractivity contribution >= 4 is 88.0 Å². The van der Waals surface area contributed by atoms with Crippen LogP contribution in [-0.4, -0.2) is 6.79 Å². The van der Waals surface area contributed by atoms with Gasteiger partial charge < -0.3 is 4.79 Å². The molecule has 6 heteroatoms. The van der Waals surface area contributed by atoms with Crippen LogP contribution in [-0.2, 0) is 22.1 Å². The summed E-state index contributed by atoms with van der Waals surface area (Å²) in [6, 6.07) is 97.0. The Balaban J connectivity index is 0.000000166. The summed E-state index contributed by atoms with van der Waals surface area (Å²) in [6.45, 7) is 3.25. The zero-order valence-corrected chi connectivity index (χ0v) is 38.7. The number of rotatable bonds is 9. The molecule has 9 rings (SSSR count). The third kappa shape index (κ3) is 14.5. The summed E-state index contributed by atoms with van der Waals surface area (Å²) in [7, 11) is 3.23. The Morgan fingerprint density at radius 1 is 0.213 bits per heavy atom. The minimum absolute atomic E-state index is 0.446. The van der Waals surface area contributed by atoms with Crippen LogP contribution in [0.25, 0.3) is 0 Å². The molecular formula is C55H46ClOP3Ru. The van der Waals surface area contributed by atoms with Crippen molar-refractivity contribution in [3.8, 4) is 0 Å². The van der Waals surface area contributed by atoms with Gasteiger partial charge in [0.25, 0.3) is 0 Å². The van der Waals surface area contributed by atoms with E-state index in [1.165, 1.54) is 47.7 Å². The molecule has 0 fully saturated rings. The number of benzene rings is 9. The van der Waals surface area contributed by atoms with Gasteiger partial charge in [-0.2, -0.15) is 0 Å². The number of halogens is 1. The third-order valence-corrected chi connectivity index (χ3v) is 16.5. The van der Waals surface area contributed by atoms with E-state index in [0.717, 1.165) is 0 Å². The van der Waals surface area contributed by atoms with E-state index in [9.17, 15) is 0 Å². The van der Waals surface area contributed by atoms with Gasteiger partial charge in [0, 0.05) is 0 Å². The largest absolute Gasteiger partial charge is 0.0622 e. The Bertz CT molecular complexity index is 1890. The molecule has 0 spiro atoms. The van der Waals surface area contributed by atoms with Crippen molar-refractivity contribution in [1.82, 2.24) is 0 Å². The van der Waals surface area contributed by atoms with Gasteiger partial charge in [-0.15, -0.1) is 0 Å². The molecule has 9 aromatic rings. The van der Waals surface area contributed by atoms with Crippen LogP contribution in [0.2, 0.25) is 0 Å². The van der Waals surface area contributed by atoms with Crippen molar-refractivity contribution < 1.29 is 22.1 Å². The van der Waals surface area contributed by atoms with Gasteiger partial charge in [0.15, 0.2) is 0 Å². The summed E-state index contributed by atoms with van der Waals surface area (Å²) >= 11 is 1.82. The van der Waals surface area contributed by atoms with E-state index in [1.807, 2.05) is 17.3 Å². The quantitative estimate of drug-likeness (QED) is 0.0610. The molecule has 0 saturated carbocycles. The molecule has 0 aliphatic heterocycles. The predicted octanol–water partition coefficient (Wildman–Crippen LogP) is 10.7. The Labute approximate surface area is 380 Å². The van der Waals surface area contributed by atoms with Gasteiger partial charge in [-0.25, -0.2) is 0 Å². The molecule has 0 atom stereocenters. The standard InChI is InChI=1S/3C18H15P.CHO.ClH.Ru/c3*1-4-10-16(11-5-1)19(17-12-6-2-7-13-17)18-14-8-3-9-15-18;1-2;;/h3*1-15H;1H;1H;/q;;;-1;;+2/p-1. The summed E-state index contributed by atoms with van der Waals surface area (Å²) < 4.78 is 0. The zero-order chi connectivity index (χ0) is 42.7. The predicted molar refractivity (Wildman–Crippen MR) is 268 cm³/mol. The van der Waals surface area contributed by atoms with Crippen molar-refractivity contribution in [1.29, 1.82) is 0 Å². The van der Waals surface area contributed by atoms with E-state index >= 15 is 0 Å². The normalized spacial score (nSPS) is 10.0. The minimum atomic E-state index is -0.446. The van der Waals surface area contributed by atoms with Crippen LogP contribution in [0.1, 0.15) is 0 Å². The van der Waals surface area contributed by atoms with Gasteiger partial charge in [0.1, 0.15) is 0 Å². The second-order valence-corrected chi connectivity index (χ2v) is 19.7. The van der Waals surface area contributed by atoms with E-state index in [1.54, 1.807) is 0 Å².